The third-order valence-electron chi connectivity index (χ3n) is 11.1. The average molecular weight is 693 g/mol. The van der Waals surface area contributed by atoms with E-state index in [2.05, 4.69) is 43.0 Å². The van der Waals surface area contributed by atoms with Crippen LogP contribution in [0, 0.1) is 46.2 Å². The summed E-state index contributed by atoms with van der Waals surface area (Å²) in [5.41, 5.74) is 0.318. The molecule has 15 heteroatoms. The van der Waals surface area contributed by atoms with Crippen molar-refractivity contribution in [3.63, 3.8) is 0 Å². The van der Waals surface area contributed by atoms with Gasteiger partial charge in [0.05, 0.1) is 41.2 Å². The maximum Gasteiger partial charge on any atom is 0.319 e. The van der Waals surface area contributed by atoms with Gasteiger partial charge in [0.25, 0.3) is 0 Å². The van der Waals surface area contributed by atoms with E-state index in [1.54, 1.807) is 4.90 Å². The summed E-state index contributed by atoms with van der Waals surface area (Å²) in [6.45, 7) is 2.96. The van der Waals surface area contributed by atoms with E-state index in [4.69, 9.17) is 9.72 Å². The molecule has 9 rings (SSSR count). The lowest BCUT2D eigenvalue weighted by Gasteiger charge is -2.38. The SMILES string of the molecule is N#CC[C@H]1CN(c2nc(OCC34CCCN3C3c5ccnn5CC3C4)nc3c(F)c(-c4cc(O)cc5ccc(F)c(F)c45)ncc23)CCN1C#N. The smallest absolute Gasteiger partial charge is 0.319 e. The maximum absolute atomic E-state index is 16.9. The van der Waals surface area contributed by atoms with Crippen molar-refractivity contribution < 1.29 is 23.0 Å². The molecule has 4 atom stereocenters. The standard InChI is InChI=1S/C36H31F3N10O2/c37-26-3-2-20-12-23(50)13-24(28(20)29(26)38)31-30(39)32-25(15-42-31)34(46-10-11-47(19-41)22(17-46)4-7-40)45-35(44-32)51-18-36-6-1-9-48(36)33-21(14-36)16-49-27(33)5-8-43-49/h2-3,5,8,12-13,15,21-22,33,50H,1,4,6,9-11,14,16-18H2/t21?,22-,33?,36?/m0/s1. The van der Waals surface area contributed by atoms with Crippen LogP contribution in [0.5, 0.6) is 11.8 Å². The summed E-state index contributed by atoms with van der Waals surface area (Å²) in [6, 6.07) is 8.63. The van der Waals surface area contributed by atoms with Crippen molar-refractivity contribution in [1.29, 1.82) is 10.5 Å². The Labute approximate surface area is 289 Å². The van der Waals surface area contributed by atoms with Crippen molar-refractivity contribution in [3.8, 4) is 35.3 Å². The van der Waals surface area contributed by atoms with Gasteiger partial charge in [-0.15, -0.1) is 0 Å². The molecule has 4 aliphatic heterocycles. The molecular weight excluding hydrogens is 661 g/mol. The summed E-state index contributed by atoms with van der Waals surface area (Å²) >= 11 is 0. The monoisotopic (exact) mass is 692 g/mol. The van der Waals surface area contributed by atoms with Crippen LogP contribution in [0.2, 0.25) is 0 Å². The Morgan fingerprint density at radius 2 is 1.92 bits per heavy atom. The van der Waals surface area contributed by atoms with Crippen LogP contribution in [0.3, 0.4) is 0 Å². The number of ether oxygens (including phenoxy) is 1. The Balaban J connectivity index is 1.14. The molecule has 258 valence electrons. The maximum atomic E-state index is 16.9. The fourth-order valence-electron chi connectivity index (χ4n) is 8.96. The Kier molecular flexibility index (Phi) is 7.19. The first kappa shape index (κ1) is 31.3. The number of anilines is 1. The van der Waals surface area contributed by atoms with E-state index >= 15 is 8.78 Å². The Bertz CT molecular complexity index is 2320. The summed E-state index contributed by atoms with van der Waals surface area (Å²) in [4.78, 5) is 19.6. The molecule has 0 radical (unpaired) electrons. The van der Waals surface area contributed by atoms with Gasteiger partial charge in [0.2, 0.25) is 0 Å². The van der Waals surface area contributed by atoms with Gasteiger partial charge < -0.3 is 19.6 Å². The first-order valence-electron chi connectivity index (χ1n) is 17.0. The van der Waals surface area contributed by atoms with E-state index in [0.717, 1.165) is 44.5 Å². The molecule has 3 aromatic heterocycles. The van der Waals surface area contributed by atoms with Crippen LogP contribution in [0.4, 0.5) is 19.0 Å². The van der Waals surface area contributed by atoms with Crippen molar-refractivity contribution in [2.45, 2.75) is 49.9 Å². The fraction of sp³-hybridized carbons (Fsp3) is 0.389. The highest BCUT2D eigenvalue weighted by atomic mass is 19.2. The van der Waals surface area contributed by atoms with Gasteiger partial charge in [-0.3, -0.25) is 14.6 Å². The minimum Gasteiger partial charge on any atom is -0.508 e. The molecule has 3 fully saturated rings. The second kappa shape index (κ2) is 11.7. The largest absolute Gasteiger partial charge is 0.508 e. The predicted molar refractivity (Wildman–Crippen MR) is 178 cm³/mol. The first-order valence-corrected chi connectivity index (χ1v) is 17.0. The molecule has 51 heavy (non-hydrogen) atoms. The van der Waals surface area contributed by atoms with E-state index in [1.165, 1.54) is 24.0 Å². The van der Waals surface area contributed by atoms with E-state index in [1.807, 2.05) is 11.1 Å². The fourth-order valence-corrected chi connectivity index (χ4v) is 8.96. The highest BCUT2D eigenvalue weighted by molar-refractivity contribution is 6.00. The molecule has 3 unspecified atom stereocenters. The topological polar surface area (TPSA) is 143 Å². The lowest BCUT2D eigenvalue weighted by molar-refractivity contribution is 0.0834. The summed E-state index contributed by atoms with van der Waals surface area (Å²) in [7, 11) is 0. The first-order chi connectivity index (χ1) is 24.8. The van der Waals surface area contributed by atoms with E-state index in [9.17, 15) is 20.0 Å². The van der Waals surface area contributed by atoms with Crippen LogP contribution in [0.15, 0.2) is 42.7 Å². The summed E-state index contributed by atoms with van der Waals surface area (Å²) in [5.74, 6) is -2.81. The van der Waals surface area contributed by atoms with Gasteiger partial charge >= 0.3 is 6.01 Å². The number of pyridine rings is 1. The van der Waals surface area contributed by atoms with Gasteiger partial charge in [-0.05, 0) is 55.5 Å². The van der Waals surface area contributed by atoms with E-state index < -0.39 is 23.5 Å². The molecule has 7 heterocycles. The van der Waals surface area contributed by atoms with Crippen LogP contribution < -0.4 is 9.64 Å². The lowest BCUT2D eigenvalue weighted by Crippen LogP contribution is -2.51. The average Bonchev–Trinajstić information content (AvgIpc) is 3.88. The Morgan fingerprint density at radius 3 is 2.76 bits per heavy atom. The zero-order chi connectivity index (χ0) is 35.0. The minimum atomic E-state index is -1.19. The molecule has 4 aliphatic rings. The van der Waals surface area contributed by atoms with Crippen molar-refractivity contribution >= 4 is 27.5 Å². The molecule has 12 nitrogen and oxygen atoms in total. The highest BCUT2D eigenvalue weighted by Gasteiger charge is 2.57. The van der Waals surface area contributed by atoms with Gasteiger partial charge in [-0.1, -0.05) is 6.07 Å². The second-order valence-electron chi connectivity index (χ2n) is 13.9. The molecule has 0 saturated carbocycles. The number of fused-ring (bicyclic) bond motifs is 7. The minimum absolute atomic E-state index is 0.0607. The number of phenols is 1. The third kappa shape index (κ3) is 4.82. The van der Waals surface area contributed by atoms with Gasteiger partial charge in [-0.25, -0.2) is 13.2 Å². The summed E-state index contributed by atoms with van der Waals surface area (Å²) < 4.78 is 55.1. The Hall–Kier alpha value is -5.67. The molecule has 2 aromatic carbocycles. The van der Waals surface area contributed by atoms with Gasteiger partial charge in [0.1, 0.15) is 29.4 Å². The molecular formula is C36H31F3N10O2. The zero-order valence-corrected chi connectivity index (χ0v) is 27.3. The quantitative estimate of drug-likeness (QED) is 0.239. The Morgan fingerprint density at radius 1 is 1.04 bits per heavy atom. The number of nitrogens with zero attached hydrogens (tertiary/aromatic N) is 10. The van der Waals surface area contributed by atoms with Gasteiger partial charge in [0.15, 0.2) is 23.6 Å². The number of phenolic OH excluding ortho intramolecular Hbond substituents is 1. The molecule has 0 aliphatic carbocycles. The normalized spacial score (nSPS) is 24.1. The van der Waals surface area contributed by atoms with Crippen molar-refractivity contribution in [1.82, 2.24) is 34.5 Å². The second-order valence-corrected chi connectivity index (χ2v) is 13.9. The van der Waals surface area contributed by atoms with Crippen LogP contribution >= 0.6 is 0 Å². The van der Waals surface area contributed by atoms with Crippen LogP contribution in [-0.2, 0) is 6.54 Å². The highest BCUT2D eigenvalue weighted by Crippen LogP contribution is 2.55. The number of nitriles is 2. The number of rotatable bonds is 6. The number of hydrogen-bond acceptors (Lipinski definition) is 11. The van der Waals surface area contributed by atoms with Crippen molar-refractivity contribution in [2.75, 3.05) is 37.7 Å². The molecule has 0 amide bonds. The summed E-state index contributed by atoms with van der Waals surface area (Å²) in [5, 5.41) is 34.3. The van der Waals surface area contributed by atoms with Crippen LogP contribution in [-0.4, -0.2) is 84.0 Å². The molecule has 5 aromatic rings. The number of piperazine rings is 1. The summed E-state index contributed by atoms with van der Waals surface area (Å²) in [6.07, 6.45) is 8.29. The number of hydrogen-bond donors (Lipinski definition) is 1. The number of aromatic hydroxyl groups is 1. The van der Waals surface area contributed by atoms with Crippen LogP contribution in [0.1, 0.15) is 37.4 Å². The van der Waals surface area contributed by atoms with E-state index in [0.29, 0.717) is 24.8 Å². The lowest BCUT2D eigenvalue weighted by atomic mass is 9.90. The third-order valence-corrected chi connectivity index (χ3v) is 11.1. The predicted octanol–water partition coefficient (Wildman–Crippen LogP) is 5.04. The number of halogens is 3. The van der Waals surface area contributed by atoms with Gasteiger partial charge in [0, 0.05) is 55.4 Å². The number of benzene rings is 2. The molecule has 1 N–H and O–H groups in total. The van der Waals surface area contributed by atoms with Crippen molar-refractivity contribution in [3.05, 3.63) is 65.9 Å². The molecule has 3 saturated heterocycles. The van der Waals surface area contributed by atoms with E-state index in [-0.39, 0.29) is 75.8 Å². The van der Waals surface area contributed by atoms with Crippen LogP contribution in [0.25, 0.3) is 32.9 Å². The molecule has 0 spiro atoms. The van der Waals surface area contributed by atoms with Gasteiger partial charge in [-0.2, -0.15) is 25.6 Å². The number of aromatic nitrogens is 5. The van der Waals surface area contributed by atoms with Crippen molar-refractivity contribution in [2.24, 2.45) is 5.92 Å². The molecule has 0 bridgehead atoms. The zero-order valence-electron chi connectivity index (χ0n) is 27.3.